The van der Waals surface area contributed by atoms with Crippen LogP contribution in [0.15, 0.2) is 66.7 Å². The summed E-state index contributed by atoms with van der Waals surface area (Å²) in [5.41, 5.74) is 1.93. The molecule has 1 saturated heterocycles. The van der Waals surface area contributed by atoms with Crippen LogP contribution in [0.25, 0.3) is 0 Å². The van der Waals surface area contributed by atoms with Crippen molar-refractivity contribution < 1.29 is 22.8 Å². The summed E-state index contributed by atoms with van der Waals surface area (Å²) in [5.74, 6) is -3.48. The van der Waals surface area contributed by atoms with Crippen LogP contribution >= 0.6 is 23.2 Å². The molecule has 3 nitrogen and oxygen atoms in total. The van der Waals surface area contributed by atoms with E-state index in [4.69, 9.17) is 23.2 Å². The van der Waals surface area contributed by atoms with E-state index in [1.807, 2.05) is 48.5 Å². The molecule has 4 aliphatic rings. The van der Waals surface area contributed by atoms with E-state index in [1.54, 1.807) is 0 Å². The minimum absolute atomic E-state index is 0.116. The van der Waals surface area contributed by atoms with Crippen molar-refractivity contribution in [3.63, 3.8) is 0 Å². The summed E-state index contributed by atoms with van der Waals surface area (Å²) in [7, 11) is 0. The first kappa shape index (κ1) is 20.8. The van der Waals surface area contributed by atoms with E-state index in [0.29, 0.717) is 0 Å². The molecule has 3 aromatic rings. The molecule has 7 rings (SSSR count). The van der Waals surface area contributed by atoms with Gasteiger partial charge in [0.1, 0.15) is 4.87 Å². The number of alkyl halides is 4. The van der Waals surface area contributed by atoms with Crippen molar-refractivity contribution >= 4 is 40.7 Å². The molecule has 3 aliphatic carbocycles. The highest BCUT2D eigenvalue weighted by Crippen LogP contribution is 2.66. The summed E-state index contributed by atoms with van der Waals surface area (Å²) >= 11 is 13.5. The number of rotatable bonds is 1. The van der Waals surface area contributed by atoms with Crippen LogP contribution < -0.4 is 4.90 Å². The molecule has 8 heteroatoms. The normalized spacial score (nSPS) is 27.4. The monoisotopic (exact) mass is 487 g/mol. The van der Waals surface area contributed by atoms with E-state index in [9.17, 15) is 22.8 Å². The fourth-order valence-electron chi connectivity index (χ4n) is 5.78. The van der Waals surface area contributed by atoms with E-state index in [-0.39, 0.29) is 10.7 Å². The molecule has 0 spiro atoms. The Balaban J connectivity index is 1.58. The molecule has 0 N–H and O–H groups in total. The van der Waals surface area contributed by atoms with Crippen LogP contribution in [0.3, 0.4) is 0 Å². The van der Waals surface area contributed by atoms with Crippen LogP contribution in [0.5, 0.6) is 0 Å². The molecule has 166 valence electrons. The van der Waals surface area contributed by atoms with Gasteiger partial charge >= 0.3 is 6.18 Å². The number of amides is 2. The van der Waals surface area contributed by atoms with Gasteiger partial charge in [0.2, 0.25) is 11.8 Å². The number of benzene rings is 3. The molecule has 0 saturated carbocycles. The largest absolute Gasteiger partial charge is 0.416 e. The van der Waals surface area contributed by atoms with Crippen molar-refractivity contribution in [3.8, 4) is 0 Å². The molecule has 0 aromatic heterocycles. The average Bonchev–Trinajstić information content (AvgIpc) is 3.05. The number of anilines is 1. The van der Waals surface area contributed by atoms with Gasteiger partial charge in [-0.25, -0.2) is 4.90 Å². The van der Waals surface area contributed by atoms with Crippen molar-refractivity contribution in [1.82, 2.24) is 0 Å². The third kappa shape index (κ3) is 2.53. The zero-order valence-electron chi connectivity index (χ0n) is 16.7. The summed E-state index contributed by atoms with van der Waals surface area (Å²) in [6, 6.07) is 17.4. The maximum absolute atomic E-state index is 13.8. The smallest absolute Gasteiger partial charge is 0.274 e. The van der Waals surface area contributed by atoms with E-state index in [1.165, 1.54) is 0 Å². The van der Waals surface area contributed by atoms with Crippen LogP contribution in [0, 0.1) is 11.8 Å². The summed E-state index contributed by atoms with van der Waals surface area (Å²) in [5, 5.41) is -0.116. The summed E-state index contributed by atoms with van der Waals surface area (Å²) in [6.45, 7) is 0. The van der Waals surface area contributed by atoms with Crippen LogP contribution in [-0.4, -0.2) is 11.8 Å². The van der Waals surface area contributed by atoms with Crippen LogP contribution in [-0.2, 0) is 20.6 Å². The van der Waals surface area contributed by atoms with Crippen molar-refractivity contribution in [2.24, 2.45) is 11.8 Å². The zero-order valence-corrected chi connectivity index (χ0v) is 18.2. The van der Waals surface area contributed by atoms with Gasteiger partial charge in [0, 0.05) is 5.92 Å². The Bertz CT molecular complexity index is 1320. The lowest BCUT2D eigenvalue weighted by atomic mass is 9.54. The molecule has 33 heavy (non-hydrogen) atoms. The van der Waals surface area contributed by atoms with E-state index >= 15 is 0 Å². The lowest BCUT2D eigenvalue weighted by molar-refractivity contribution is -0.137. The van der Waals surface area contributed by atoms with Gasteiger partial charge in [-0.05, 0) is 40.5 Å². The SMILES string of the molecule is O=C1[C@@H]2C3c4ccccc4C(Cl)(c4ccccc43)[C@H]2C(=O)N1c1cc(C(F)(F)F)ccc1Cl. The first-order valence-electron chi connectivity index (χ1n) is 10.3. The number of imide groups is 1. The van der Waals surface area contributed by atoms with Gasteiger partial charge in [-0.1, -0.05) is 60.1 Å². The first-order chi connectivity index (χ1) is 15.7. The lowest BCUT2D eigenvalue weighted by Gasteiger charge is -2.50. The van der Waals surface area contributed by atoms with Crippen molar-refractivity contribution in [1.29, 1.82) is 0 Å². The number of carbonyl (C=O) groups is 2. The molecule has 2 amide bonds. The van der Waals surface area contributed by atoms with Crippen molar-refractivity contribution in [2.75, 3.05) is 4.90 Å². The van der Waals surface area contributed by atoms with E-state index < -0.39 is 46.2 Å². The summed E-state index contributed by atoms with van der Waals surface area (Å²) < 4.78 is 40.1. The van der Waals surface area contributed by atoms with Gasteiger partial charge in [0.05, 0.1) is 28.1 Å². The van der Waals surface area contributed by atoms with Gasteiger partial charge in [0.25, 0.3) is 0 Å². The number of hydrogen-bond acceptors (Lipinski definition) is 2. The standard InChI is InChI=1S/C25H14Cl2F3NO2/c26-17-10-9-12(25(28,29)30)11-18(17)31-22(32)20-19-13-5-1-3-7-15(13)24(27,21(20)23(31)33)16-8-4-2-6-14(16)19/h1-11,19-21H/t19?,20-,21-,24?/m1/s1. The Morgan fingerprint density at radius 3 is 2.00 bits per heavy atom. The van der Waals surface area contributed by atoms with Gasteiger partial charge in [-0.3, -0.25) is 9.59 Å². The summed E-state index contributed by atoms with van der Waals surface area (Å²) in [6.07, 6.45) is -4.66. The maximum Gasteiger partial charge on any atom is 0.416 e. The highest BCUT2D eigenvalue weighted by Gasteiger charge is 2.68. The zero-order chi connectivity index (χ0) is 23.3. The Hall–Kier alpha value is -2.83. The highest BCUT2D eigenvalue weighted by atomic mass is 35.5. The fraction of sp³-hybridized carbons (Fsp3) is 0.200. The Labute approximate surface area is 196 Å². The third-order valence-electron chi connectivity index (χ3n) is 7.03. The Kier molecular flexibility index (Phi) is 4.16. The number of carbonyl (C=O) groups excluding carboxylic acids is 2. The molecular formula is C25H14Cl2F3NO2. The average molecular weight is 488 g/mol. The molecule has 3 aromatic carbocycles. The van der Waals surface area contributed by atoms with Gasteiger partial charge in [-0.15, -0.1) is 11.6 Å². The third-order valence-corrected chi connectivity index (χ3v) is 7.99. The molecule has 2 bridgehead atoms. The van der Waals surface area contributed by atoms with Gasteiger partial charge in [0.15, 0.2) is 0 Å². The topological polar surface area (TPSA) is 37.4 Å². The van der Waals surface area contributed by atoms with Gasteiger partial charge < -0.3 is 0 Å². The number of hydrogen-bond donors (Lipinski definition) is 0. The molecular weight excluding hydrogens is 474 g/mol. The van der Waals surface area contributed by atoms with Gasteiger partial charge in [-0.2, -0.15) is 13.2 Å². The first-order valence-corrected chi connectivity index (χ1v) is 11.0. The summed E-state index contributed by atoms with van der Waals surface area (Å²) in [4.78, 5) is 27.0. The predicted octanol–water partition coefficient (Wildman–Crippen LogP) is 6.11. The lowest BCUT2D eigenvalue weighted by Crippen LogP contribution is -2.50. The second kappa shape index (κ2) is 6.61. The van der Waals surface area contributed by atoms with Crippen LogP contribution in [0.1, 0.15) is 33.7 Å². The molecule has 1 aliphatic heterocycles. The van der Waals surface area contributed by atoms with Crippen LogP contribution in [0.2, 0.25) is 5.02 Å². The second-order valence-corrected chi connectivity index (χ2v) is 9.55. The Morgan fingerprint density at radius 2 is 1.42 bits per heavy atom. The maximum atomic E-state index is 13.8. The number of nitrogens with zero attached hydrogens (tertiary/aromatic N) is 1. The van der Waals surface area contributed by atoms with E-state index in [0.717, 1.165) is 45.4 Å². The minimum Gasteiger partial charge on any atom is -0.274 e. The van der Waals surface area contributed by atoms with Crippen molar-refractivity contribution in [2.45, 2.75) is 17.0 Å². The quantitative estimate of drug-likeness (QED) is 0.307. The predicted molar refractivity (Wildman–Crippen MR) is 117 cm³/mol. The fourth-order valence-corrected chi connectivity index (χ4v) is 6.55. The molecule has 0 unspecified atom stereocenters. The number of halogens is 5. The molecule has 1 fully saturated rings. The molecule has 1 heterocycles. The second-order valence-electron chi connectivity index (χ2n) is 8.54. The molecule has 0 radical (unpaired) electrons. The highest BCUT2D eigenvalue weighted by molar-refractivity contribution is 6.38. The molecule has 2 atom stereocenters. The van der Waals surface area contributed by atoms with E-state index in [2.05, 4.69) is 0 Å². The van der Waals surface area contributed by atoms with Crippen LogP contribution in [0.4, 0.5) is 18.9 Å². The minimum atomic E-state index is -4.66. The van der Waals surface area contributed by atoms with Crippen molar-refractivity contribution in [3.05, 3.63) is 99.6 Å². The Morgan fingerprint density at radius 1 is 0.848 bits per heavy atom.